The Morgan fingerprint density at radius 1 is 1.48 bits per heavy atom. The zero-order valence-corrected chi connectivity index (χ0v) is 11.8. The minimum atomic E-state index is -0.508. The van der Waals surface area contributed by atoms with Crippen LogP contribution in [0, 0.1) is 10.1 Å². The number of amides is 1. The van der Waals surface area contributed by atoms with Crippen molar-refractivity contribution in [2.24, 2.45) is 0 Å². The maximum absolute atomic E-state index is 12.2. The highest BCUT2D eigenvalue weighted by Gasteiger charge is 2.18. The Bertz CT molecular complexity index is 666. The Morgan fingerprint density at radius 2 is 2.24 bits per heavy atom. The van der Waals surface area contributed by atoms with Crippen LogP contribution in [0.2, 0.25) is 0 Å². The number of carbonyl (C=O) groups is 1. The smallest absolute Gasteiger partial charge is 0.269 e. The molecule has 0 radical (unpaired) electrons. The summed E-state index contributed by atoms with van der Waals surface area (Å²) in [5.41, 5.74) is 1.49. The lowest BCUT2D eigenvalue weighted by Gasteiger charge is -2.10. The Balaban J connectivity index is 2.11. The van der Waals surface area contributed by atoms with Crippen molar-refractivity contribution in [1.82, 2.24) is 10.2 Å². The highest BCUT2D eigenvalue weighted by Crippen LogP contribution is 2.22. The largest absolute Gasteiger partial charge is 0.309 e. The Kier molecular flexibility index (Phi) is 4.32. The number of aryl methyl sites for hydroxylation is 1. The lowest BCUT2D eigenvalue weighted by molar-refractivity contribution is -0.384. The normalized spacial score (nSPS) is 11.9. The third-order valence-corrected chi connectivity index (χ3v) is 3.24. The number of nitro benzene ring substituents is 1. The maximum Gasteiger partial charge on any atom is 0.269 e. The van der Waals surface area contributed by atoms with E-state index in [-0.39, 0.29) is 11.6 Å². The van der Waals surface area contributed by atoms with Gasteiger partial charge >= 0.3 is 0 Å². The molecule has 0 saturated carbocycles. The lowest BCUT2D eigenvalue weighted by Crippen LogP contribution is -2.19. The highest BCUT2D eigenvalue weighted by atomic mass is 16.6. The molecule has 1 aromatic heterocycles. The van der Waals surface area contributed by atoms with E-state index in [1.165, 1.54) is 12.1 Å². The molecule has 0 bridgehead atoms. The van der Waals surface area contributed by atoms with Gasteiger partial charge in [-0.1, -0.05) is 19.1 Å². The molecule has 7 heteroatoms. The molecule has 1 unspecified atom stereocenters. The van der Waals surface area contributed by atoms with Crippen LogP contribution in [0.3, 0.4) is 0 Å². The SMILES string of the molecule is CCc1cc(NC(=O)C(C)c2cccc([N+](=O)[O-])c2)n[nH]1. The standard InChI is InChI=1S/C14H16N4O3/c1-3-11-8-13(17-16-11)15-14(19)9(2)10-5-4-6-12(7-10)18(20)21/h4-9H,3H2,1-2H3,(H2,15,16,17,19). The van der Waals surface area contributed by atoms with Gasteiger partial charge in [-0.2, -0.15) is 5.10 Å². The second kappa shape index (κ2) is 6.17. The summed E-state index contributed by atoms with van der Waals surface area (Å²) in [5, 5.41) is 20.2. The first-order valence-corrected chi connectivity index (χ1v) is 6.60. The second-order valence-electron chi connectivity index (χ2n) is 4.70. The van der Waals surface area contributed by atoms with E-state index in [4.69, 9.17) is 0 Å². The Labute approximate surface area is 121 Å². The molecule has 110 valence electrons. The maximum atomic E-state index is 12.2. The van der Waals surface area contributed by atoms with Gasteiger partial charge in [0.15, 0.2) is 5.82 Å². The minimum absolute atomic E-state index is 0.0276. The molecule has 7 nitrogen and oxygen atoms in total. The van der Waals surface area contributed by atoms with Gasteiger partial charge in [-0.25, -0.2) is 0 Å². The molecule has 2 aromatic rings. The number of aromatic amines is 1. The van der Waals surface area contributed by atoms with Crippen molar-refractivity contribution in [1.29, 1.82) is 0 Å². The van der Waals surface area contributed by atoms with Crippen molar-refractivity contribution in [2.45, 2.75) is 26.2 Å². The number of carbonyl (C=O) groups excluding carboxylic acids is 1. The number of H-pyrrole nitrogens is 1. The van der Waals surface area contributed by atoms with E-state index in [2.05, 4.69) is 15.5 Å². The summed E-state index contributed by atoms with van der Waals surface area (Å²) < 4.78 is 0. The zero-order valence-electron chi connectivity index (χ0n) is 11.8. The third kappa shape index (κ3) is 3.44. The van der Waals surface area contributed by atoms with Crippen molar-refractivity contribution in [3.63, 3.8) is 0 Å². The van der Waals surface area contributed by atoms with Crippen LogP contribution >= 0.6 is 0 Å². The van der Waals surface area contributed by atoms with Gasteiger partial charge < -0.3 is 5.32 Å². The minimum Gasteiger partial charge on any atom is -0.309 e. The fourth-order valence-corrected chi connectivity index (χ4v) is 1.90. The molecule has 2 N–H and O–H groups in total. The average molecular weight is 288 g/mol. The third-order valence-electron chi connectivity index (χ3n) is 3.24. The molecule has 2 rings (SSSR count). The van der Waals surface area contributed by atoms with E-state index in [1.54, 1.807) is 25.1 Å². The number of nitro groups is 1. The van der Waals surface area contributed by atoms with Gasteiger partial charge in [-0.05, 0) is 18.9 Å². The van der Waals surface area contributed by atoms with E-state index in [0.717, 1.165) is 12.1 Å². The molecular weight excluding hydrogens is 272 g/mol. The number of nitrogens with one attached hydrogen (secondary N) is 2. The van der Waals surface area contributed by atoms with E-state index in [0.29, 0.717) is 11.4 Å². The van der Waals surface area contributed by atoms with Crippen molar-refractivity contribution in [2.75, 3.05) is 5.32 Å². The summed E-state index contributed by atoms with van der Waals surface area (Å²) in [6.07, 6.45) is 0.795. The van der Waals surface area contributed by atoms with Gasteiger partial charge in [0.2, 0.25) is 5.91 Å². The first-order chi connectivity index (χ1) is 10.0. The van der Waals surface area contributed by atoms with Gasteiger partial charge in [0.25, 0.3) is 5.69 Å². The van der Waals surface area contributed by atoms with Crippen LogP contribution in [-0.4, -0.2) is 21.0 Å². The van der Waals surface area contributed by atoms with Crippen molar-refractivity contribution >= 4 is 17.4 Å². The van der Waals surface area contributed by atoms with Crippen LogP contribution < -0.4 is 5.32 Å². The highest BCUT2D eigenvalue weighted by molar-refractivity contribution is 5.94. The molecule has 1 heterocycles. The fraction of sp³-hybridized carbons (Fsp3) is 0.286. The molecule has 21 heavy (non-hydrogen) atoms. The number of non-ortho nitro benzene ring substituents is 1. The topological polar surface area (TPSA) is 101 Å². The molecule has 0 aliphatic rings. The van der Waals surface area contributed by atoms with Crippen LogP contribution in [0.4, 0.5) is 11.5 Å². The first kappa shape index (κ1) is 14.7. The number of rotatable bonds is 5. The van der Waals surface area contributed by atoms with Crippen LogP contribution in [0.25, 0.3) is 0 Å². The molecule has 1 aromatic carbocycles. The number of hydrogen-bond donors (Lipinski definition) is 2. The van der Waals surface area contributed by atoms with Gasteiger partial charge in [-0.15, -0.1) is 0 Å². The zero-order chi connectivity index (χ0) is 15.4. The number of anilines is 1. The first-order valence-electron chi connectivity index (χ1n) is 6.60. The summed E-state index contributed by atoms with van der Waals surface area (Å²) in [6.45, 7) is 3.67. The van der Waals surface area contributed by atoms with Crippen LogP contribution in [0.5, 0.6) is 0 Å². The van der Waals surface area contributed by atoms with Gasteiger partial charge in [0.05, 0.1) is 10.8 Å². The van der Waals surface area contributed by atoms with Gasteiger partial charge in [-0.3, -0.25) is 20.0 Å². The number of nitrogens with zero attached hydrogens (tertiary/aromatic N) is 2. The molecule has 0 aliphatic carbocycles. The summed E-state index contributed by atoms with van der Waals surface area (Å²) in [6, 6.07) is 7.83. The van der Waals surface area contributed by atoms with E-state index < -0.39 is 10.8 Å². The van der Waals surface area contributed by atoms with Crippen molar-refractivity contribution < 1.29 is 9.72 Å². The van der Waals surface area contributed by atoms with Gasteiger partial charge in [0, 0.05) is 23.9 Å². The quantitative estimate of drug-likeness (QED) is 0.652. The molecule has 0 saturated heterocycles. The number of hydrogen-bond acceptors (Lipinski definition) is 4. The number of benzene rings is 1. The summed E-state index contributed by atoms with van der Waals surface area (Å²) in [5.74, 6) is -0.314. The monoisotopic (exact) mass is 288 g/mol. The van der Waals surface area contributed by atoms with Gasteiger partial charge in [0.1, 0.15) is 0 Å². The molecule has 1 atom stereocenters. The average Bonchev–Trinajstić information content (AvgIpc) is 2.94. The second-order valence-corrected chi connectivity index (χ2v) is 4.70. The van der Waals surface area contributed by atoms with Crippen molar-refractivity contribution in [3.05, 3.63) is 51.7 Å². The van der Waals surface area contributed by atoms with Crippen LogP contribution in [0.15, 0.2) is 30.3 Å². The fourth-order valence-electron chi connectivity index (χ4n) is 1.90. The molecule has 0 aliphatic heterocycles. The van der Waals surface area contributed by atoms with Crippen LogP contribution in [-0.2, 0) is 11.2 Å². The Morgan fingerprint density at radius 3 is 2.86 bits per heavy atom. The predicted octanol–water partition coefficient (Wildman–Crippen LogP) is 2.62. The molecule has 1 amide bonds. The number of aromatic nitrogens is 2. The molecule has 0 spiro atoms. The summed E-state index contributed by atoms with van der Waals surface area (Å²) >= 11 is 0. The van der Waals surface area contributed by atoms with E-state index in [1.807, 2.05) is 6.92 Å². The Hall–Kier alpha value is -2.70. The van der Waals surface area contributed by atoms with E-state index in [9.17, 15) is 14.9 Å². The summed E-state index contributed by atoms with van der Waals surface area (Å²) in [7, 11) is 0. The predicted molar refractivity (Wildman–Crippen MR) is 78.1 cm³/mol. The van der Waals surface area contributed by atoms with Crippen LogP contribution in [0.1, 0.15) is 31.0 Å². The van der Waals surface area contributed by atoms with E-state index >= 15 is 0 Å². The summed E-state index contributed by atoms with van der Waals surface area (Å²) in [4.78, 5) is 22.4. The molecule has 0 fully saturated rings. The molecular formula is C14H16N4O3. The lowest BCUT2D eigenvalue weighted by atomic mass is 10.00. The van der Waals surface area contributed by atoms with Crippen molar-refractivity contribution in [3.8, 4) is 0 Å².